The highest BCUT2D eigenvalue weighted by atomic mass is 16.1. The molecule has 2 unspecified atom stereocenters. The molecule has 4 rings (SSSR count). The molecule has 0 heterocycles. The second-order valence-corrected chi connectivity index (χ2v) is 7.81. The van der Waals surface area contributed by atoms with Gasteiger partial charge in [0.15, 0.2) is 0 Å². The van der Waals surface area contributed by atoms with Crippen molar-refractivity contribution in [3.63, 3.8) is 0 Å². The molecule has 1 saturated carbocycles. The van der Waals surface area contributed by atoms with Crippen LogP contribution in [0.15, 0.2) is 29.8 Å². The van der Waals surface area contributed by atoms with Gasteiger partial charge in [0.05, 0.1) is 0 Å². The molecule has 2 bridgehead atoms. The SMILES string of the molecule is CC(C)Cc1ccc2c(c1)CC(=O)CC21CC2=CCC1C2. The first-order chi connectivity index (χ1) is 10.1. The summed E-state index contributed by atoms with van der Waals surface area (Å²) >= 11 is 0. The predicted molar refractivity (Wildman–Crippen MR) is 85.4 cm³/mol. The first-order valence-corrected chi connectivity index (χ1v) is 8.39. The molecule has 1 aromatic rings. The number of Topliss-reactive ketones (excluding diaryl/α,β-unsaturated/α-hetero) is 1. The van der Waals surface area contributed by atoms with E-state index in [1.807, 2.05) is 0 Å². The van der Waals surface area contributed by atoms with E-state index in [1.54, 1.807) is 5.57 Å². The van der Waals surface area contributed by atoms with Crippen LogP contribution in [0.4, 0.5) is 0 Å². The van der Waals surface area contributed by atoms with Crippen LogP contribution in [0.2, 0.25) is 0 Å². The van der Waals surface area contributed by atoms with Crippen LogP contribution in [0.3, 0.4) is 0 Å². The van der Waals surface area contributed by atoms with Gasteiger partial charge in [-0.1, -0.05) is 43.7 Å². The number of carbonyl (C=O) groups excluding carboxylic acids is 1. The van der Waals surface area contributed by atoms with E-state index in [2.05, 4.69) is 38.1 Å². The molecule has 3 aliphatic carbocycles. The Hall–Kier alpha value is -1.37. The molecule has 110 valence electrons. The Morgan fingerprint density at radius 1 is 1.29 bits per heavy atom. The van der Waals surface area contributed by atoms with Crippen LogP contribution >= 0.6 is 0 Å². The van der Waals surface area contributed by atoms with Gasteiger partial charge in [0.25, 0.3) is 0 Å². The van der Waals surface area contributed by atoms with Gasteiger partial charge in [0.1, 0.15) is 5.78 Å². The van der Waals surface area contributed by atoms with E-state index in [-0.39, 0.29) is 5.41 Å². The summed E-state index contributed by atoms with van der Waals surface area (Å²) in [6.45, 7) is 4.52. The lowest BCUT2D eigenvalue weighted by Gasteiger charge is -2.41. The van der Waals surface area contributed by atoms with Crippen LogP contribution in [0.25, 0.3) is 0 Å². The third-order valence-corrected chi connectivity index (χ3v) is 5.77. The Morgan fingerprint density at radius 3 is 2.81 bits per heavy atom. The molecule has 0 amide bonds. The van der Waals surface area contributed by atoms with Crippen LogP contribution in [-0.4, -0.2) is 5.78 Å². The third-order valence-electron chi connectivity index (χ3n) is 5.77. The molecule has 0 radical (unpaired) electrons. The van der Waals surface area contributed by atoms with Crippen molar-refractivity contribution >= 4 is 5.78 Å². The van der Waals surface area contributed by atoms with Crippen LogP contribution in [0, 0.1) is 11.8 Å². The summed E-state index contributed by atoms with van der Waals surface area (Å²) in [6.07, 6.45) is 8.54. The average molecular weight is 280 g/mol. The van der Waals surface area contributed by atoms with Crippen molar-refractivity contribution in [3.8, 4) is 0 Å². The number of ketones is 1. The smallest absolute Gasteiger partial charge is 0.138 e. The molecule has 0 aromatic heterocycles. The van der Waals surface area contributed by atoms with E-state index < -0.39 is 0 Å². The maximum atomic E-state index is 12.4. The van der Waals surface area contributed by atoms with E-state index in [4.69, 9.17) is 0 Å². The summed E-state index contributed by atoms with van der Waals surface area (Å²) in [4.78, 5) is 12.4. The van der Waals surface area contributed by atoms with Crippen molar-refractivity contribution in [2.24, 2.45) is 11.8 Å². The Labute approximate surface area is 127 Å². The van der Waals surface area contributed by atoms with Gasteiger partial charge in [0.2, 0.25) is 0 Å². The number of hydrogen-bond acceptors (Lipinski definition) is 1. The summed E-state index contributed by atoms with van der Waals surface area (Å²) in [5.74, 6) is 1.81. The zero-order valence-electron chi connectivity index (χ0n) is 13.1. The van der Waals surface area contributed by atoms with Crippen molar-refractivity contribution in [1.82, 2.24) is 0 Å². The van der Waals surface area contributed by atoms with Gasteiger partial charge in [-0.15, -0.1) is 0 Å². The fourth-order valence-electron chi connectivity index (χ4n) is 5.03. The average Bonchev–Trinajstić information content (AvgIpc) is 2.98. The van der Waals surface area contributed by atoms with Gasteiger partial charge in [-0.05, 0) is 54.2 Å². The van der Waals surface area contributed by atoms with Crippen LogP contribution in [0.1, 0.15) is 56.2 Å². The van der Waals surface area contributed by atoms with Crippen LogP contribution in [0.5, 0.6) is 0 Å². The van der Waals surface area contributed by atoms with Crippen molar-refractivity contribution in [3.05, 3.63) is 46.5 Å². The molecule has 21 heavy (non-hydrogen) atoms. The van der Waals surface area contributed by atoms with E-state index in [0.717, 1.165) is 19.3 Å². The minimum absolute atomic E-state index is 0.158. The Kier molecular flexibility index (Phi) is 2.89. The molecule has 2 atom stereocenters. The third kappa shape index (κ3) is 2.01. The number of fused-ring (bicyclic) bond motifs is 5. The summed E-state index contributed by atoms with van der Waals surface area (Å²) < 4.78 is 0. The lowest BCUT2D eigenvalue weighted by molar-refractivity contribution is -0.120. The topological polar surface area (TPSA) is 17.1 Å². The standard InChI is InChI=1S/C20H24O/c1-13(2)7-14-4-6-19-16(8-14)10-18(21)12-20(19)11-15-3-5-17(20)9-15/h3-4,6,8,13,17H,5,7,9-12H2,1-2H3. The highest BCUT2D eigenvalue weighted by Crippen LogP contribution is 2.58. The fourth-order valence-corrected chi connectivity index (χ4v) is 5.03. The Balaban J connectivity index is 1.78. The molecule has 1 spiro atoms. The van der Waals surface area contributed by atoms with E-state index in [0.29, 0.717) is 24.0 Å². The highest BCUT2D eigenvalue weighted by Gasteiger charge is 2.51. The first kappa shape index (κ1) is 13.3. The van der Waals surface area contributed by atoms with Gasteiger partial charge in [-0.2, -0.15) is 0 Å². The predicted octanol–water partition coefficient (Wildman–Crippen LogP) is 4.38. The summed E-state index contributed by atoms with van der Waals surface area (Å²) in [5.41, 5.74) is 5.99. The molecule has 1 heteroatoms. The lowest BCUT2D eigenvalue weighted by Crippen LogP contribution is -2.39. The Bertz CT molecular complexity index is 637. The molecular formula is C20H24O. The van der Waals surface area contributed by atoms with Gasteiger partial charge in [0, 0.05) is 18.3 Å². The lowest BCUT2D eigenvalue weighted by atomic mass is 9.62. The van der Waals surface area contributed by atoms with Crippen LogP contribution < -0.4 is 0 Å². The quantitative estimate of drug-likeness (QED) is 0.735. The van der Waals surface area contributed by atoms with Crippen molar-refractivity contribution in [2.45, 2.75) is 57.8 Å². The minimum Gasteiger partial charge on any atom is -0.299 e. The number of benzene rings is 1. The second-order valence-electron chi connectivity index (χ2n) is 7.81. The van der Waals surface area contributed by atoms with E-state index >= 15 is 0 Å². The van der Waals surface area contributed by atoms with E-state index in [1.165, 1.54) is 29.5 Å². The number of rotatable bonds is 2. The summed E-state index contributed by atoms with van der Waals surface area (Å²) in [5, 5.41) is 0. The summed E-state index contributed by atoms with van der Waals surface area (Å²) in [6, 6.07) is 7.01. The zero-order valence-corrected chi connectivity index (χ0v) is 13.1. The highest BCUT2D eigenvalue weighted by molar-refractivity contribution is 5.85. The molecular weight excluding hydrogens is 256 g/mol. The monoisotopic (exact) mass is 280 g/mol. The maximum absolute atomic E-state index is 12.4. The zero-order chi connectivity index (χ0) is 14.6. The summed E-state index contributed by atoms with van der Waals surface area (Å²) in [7, 11) is 0. The molecule has 1 fully saturated rings. The maximum Gasteiger partial charge on any atom is 0.138 e. The number of carbonyl (C=O) groups is 1. The van der Waals surface area contributed by atoms with Crippen molar-refractivity contribution in [1.29, 1.82) is 0 Å². The molecule has 0 saturated heterocycles. The minimum atomic E-state index is 0.158. The number of hydrogen-bond donors (Lipinski definition) is 0. The number of allylic oxidation sites excluding steroid dienone is 2. The van der Waals surface area contributed by atoms with Gasteiger partial charge >= 0.3 is 0 Å². The van der Waals surface area contributed by atoms with E-state index in [9.17, 15) is 4.79 Å². The molecule has 3 aliphatic rings. The molecule has 1 nitrogen and oxygen atoms in total. The largest absolute Gasteiger partial charge is 0.299 e. The first-order valence-electron chi connectivity index (χ1n) is 8.39. The fraction of sp³-hybridized carbons (Fsp3) is 0.550. The van der Waals surface area contributed by atoms with Crippen LogP contribution in [-0.2, 0) is 23.1 Å². The van der Waals surface area contributed by atoms with Gasteiger partial charge in [-0.3, -0.25) is 4.79 Å². The Morgan fingerprint density at radius 2 is 2.14 bits per heavy atom. The van der Waals surface area contributed by atoms with Crippen molar-refractivity contribution in [2.75, 3.05) is 0 Å². The van der Waals surface area contributed by atoms with Gasteiger partial charge < -0.3 is 0 Å². The normalized spacial score (nSPS) is 30.1. The second kappa shape index (κ2) is 4.56. The molecule has 0 N–H and O–H groups in total. The molecule has 1 aromatic carbocycles. The molecule has 0 aliphatic heterocycles. The van der Waals surface area contributed by atoms with Crippen molar-refractivity contribution < 1.29 is 4.79 Å². The van der Waals surface area contributed by atoms with Gasteiger partial charge in [-0.25, -0.2) is 0 Å².